The van der Waals surface area contributed by atoms with Crippen molar-refractivity contribution in [2.24, 2.45) is 23.7 Å². The van der Waals surface area contributed by atoms with E-state index in [2.05, 4.69) is 12.6 Å². The van der Waals surface area contributed by atoms with E-state index in [1.165, 1.54) is 0 Å². The van der Waals surface area contributed by atoms with Crippen LogP contribution in [0.3, 0.4) is 0 Å². The standard InChI is InChI=1S/C13H20O4S/c1-13(2,3)17-12(16)10-7-4-6(5-8(7)18)9(10)11(14)15/h6-10,18H,4-5H2,1-3H3,(H,14,15). The second kappa shape index (κ2) is 4.44. The van der Waals surface area contributed by atoms with Gasteiger partial charge in [0.25, 0.3) is 0 Å². The lowest BCUT2D eigenvalue weighted by Gasteiger charge is -2.32. The number of fused-ring (bicyclic) bond motifs is 2. The molecule has 4 nitrogen and oxygen atoms in total. The third-order valence-corrected chi connectivity index (χ3v) is 4.53. The van der Waals surface area contributed by atoms with Crippen LogP contribution in [-0.2, 0) is 14.3 Å². The molecular formula is C13H20O4S. The Morgan fingerprint density at radius 1 is 1.22 bits per heavy atom. The molecule has 2 saturated carbocycles. The molecule has 18 heavy (non-hydrogen) atoms. The molecule has 0 aromatic carbocycles. The number of hydrogen-bond acceptors (Lipinski definition) is 4. The van der Waals surface area contributed by atoms with Gasteiger partial charge in [-0.15, -0.1) is 0 Å². The van der Waals surface area contributed by atoms with Crippen molar-refractivity contribution < 1.29 is 19.4 Å². The summed E-state index contributed by atoms with van der Waals surface area (Å²) in [7, 11) is 0. The van der Waals surface area contributed by atoms with Crippen molar-refractivity contribution in [1.82, 2.24) is 0 Å². The smallest absolute Gasteiger partial charge is 0.310 e. The average Bonchev–Trinajstić information content (AvgIpc) is 2.69. The number of esters is 1. The maximum atomic E-state index is 12.2. The molecule has 0 amide bonds. The Bertz CT molecular complexity index is 374. The molecule has 2 aliphatic carbocycles. The van der Waals surface area contributed by atoms with Gasteiger partial charge in [-0.25, -0.2) is 0 Å². The molecule has 2 rings (SSSR count). The van der Waals surface area contributed by atoms with E-state index in [0.717, 1.165) is 12.8 Å². The monoisotopic (exact) mass is 272 g/mol. The first-order valence-electron chi connectivity index (χ1n) is 6.34. The minimum atomic E-state index is -0.876. The van der Waals surface area contributed by atoms with Crippen LogP contribution in [0.15, 0.2) is 0 Å². The van der Waals surface area contributed by atoms with Crippen LogP contribution in [0, 0.1) is 23.7 Å². The first-order valence-corrected chi connectivity index (χ1v) is 6.86. The van der Waals surface area contributed by atoms with Crippen molar-refractivity contribution in [2.45, 2.75) is 44.5 Å². The highest BCUT2D eigenvalue weighted by atomic mass is 32.1. The van der Waals surface area contributed by atoms with E-state index in [4.69, 9.17) is 4.74 Å². The number of carbonyl (C=O) groups excluding carboxylic acids is 1. The molecule has 5 unspecified atom stereocenters. The molecule has 0 spiro atoms. The third-order valence-electron chi connectivity index (χ3n) is 3.93. The summed E-state index contributed by atoms with van der Waals surface area (Å²) in [6, 6.07) is 0. The number of ether oxygens (including phenoxy) is 1. The Balaban J connectivity index is 2.19. The number of hydrogen-bond donors (Lipinski definition) is 2. The molecule has 102 valence electrons. The van der Waals surface area contributed by atoms with Crippen LogP contribution in [0.25, 0.3) is 0 Å². The van der Waals surface area contributed by atoms with Crippen LogP contribution in [0.2, 0.25) is 0 Å². The van der Waals surface area contributed by atoms with Gasteiger partial charge in [-0.2, -0.15) is 12.6 Å². The van der Waals surface area contributed by atoms with E-state index in [1.807, 2.05) is 0 Å². The Labute approximate surface area is 112 Å². The topological polar surface area (TPSA) is 63.6 Å². The molecule has 0 heterocycles. The van der Waals surface area contributed by atoms with Gasteiger partial charge in [0, 0.05) is 5.25 Å². The molecule has 2 fully saturated rings. The van der Waals surface area contributed by atoms with Crippen LogP contribution in [0.1, 0.15) is 33.6 Å². The van der Waals surface area contributed by atoms with E-state index >= 15 is 0 Å². The van der Waals surface area contributed by atoms with E-state index in [0.29, 0.717) is 0 Å². The van der Waals surface area contributed by atoms with Crippen molar-refractivity contribution in [3.8, 4) is 0 Å². The summed E-state index contributed by atoms with van der Waals surface area (Å²) >= 11 is 4.47. The summed E-state index contributed by atoms with van der Waals surface area (Å²) in [5.41, 5.74) is -0.575. The zero-order chi connectivity index (χ0) is 13.7. The van der Waals surface area contributed by atoms with Crippen molar-refractivity contribution >= 4 is 24.6 Å². The molecular weight excluding hydrogens is 252 g/mol. The molecule has 0 aromatic heterocycles. The second-order valence-electron chi connectivity index (χ2n) is 6.39. The van der Waals surface area contributed by atoms with Crippen LogP contribution in [0.4, 0.5) is 0 Å². The Morgan fingerprint density at radius 3 is 2.33 bits per heavy atom. The lowest BCUT2D eigenvalue weighted by Crippen LogP contribution is -2.41. The quantitative estimate of drug-likeness (QED) is 0.596. The van der Waals surface area contributed by atoms with Crippen molar-refractivity contribution in [2.75, 3.05) is 0 Å². The van der Waals surface area contributed by atoms with Crippen LogP contribution < -0.4 is 0 Å². The summed E-state index contributed by atoms with van der Waals surface area (Å²) < 4.78 is 5.37. The highest BCUT2D eigenvalue weighted by molar-refractivity contribution is 7.81. The second-order valence-corrected chi connectivity index (χ2v) is 7.05. The number of thiol groups is 1. The number of carbonyl (C=O) groups is 2. The van der Waals surface area contributed by atoms with Gasteiger partial charge in [0.2, 0.25) is 0 Å². The number of carboxylic acids is 1. The van der Waals surface area contributed by atoms with Crippen molar-refractivity contribution in [1.29, 1.82) is 0 Å². The highest BCUT2D eigenvalue weighted by Gasteiger charge is 2.58. The van der Waals surface area contributed by atoms with E-state index in [9.17, 15) is 14.7 Å². The van der Waals surface area contributed by atoms with Gasteiger partial charge in [-0.1, -0.05) is 0 Å². The summed E-state index contributed by atoms with van der Waals surface area (Å²) in [5.74, 6) is -2.24. The van der Waals surface area contributed by atoms with Gasteiger partial charge in [-0.05, 0) is 45.4 Å². The summed E-state index contributed by atoms with van der Waals surface area (Å²) in [6.45, 7) is 5.39. The van der Waals surface area contributed by atoms with Gasteiger partial charge in [0.1, 0.15) is 5.60 Å². The van der Waals surface area contributed by atoms with E-state index in [-0.39, 0.29) is 23.1 Å². The number of carboxylic acid groups (broad SMARTS) is 1. The fourth-order valence-corrected chi connectivity index (χ4v) is 3.95. The first kappa shape index (κ1) is 13.7. The minimum Gasteiger partial charge on any atom is -0.481 e. The summed E-state index contributed by atoms with van der Waals surface area (Å²) in [6.07, 6.45) is 1.58. The van der Waals surface area contributed by atoms with Gasteiger partial charge < -0.3 is 9.84 Å². The normalized spacial score (nSPS) is 38.8. The summed E-state index contributed by atoms with van der Waals surface area (Å²) in [5, 5.41) is 9.43. The third kappa shape index (κ3) is 2.37. The Kier molecular flexibility index (Phi) is 3.38. The SMILES string of the molecule is CC(C)(C)OC(=O)C1C2CC(CC2S)C1C(=O)O. The molecule has 1 N–H and O–H groups in total. The molecule has 5 heteroatoms. The van der Waals surface area contributed by atoms with E-state index in [1.54, 1.807) is 20.8 Å². The largest absolute Gasteiger partial charge is 0.481 e. The number of aliphatic carboxylic acids is 1. The first-order chi connectivity index (χ1) is 8.20. The summed E-state index contributed by atoms with van der Waals surface area (Å²) in [4.78, 5) is 23.5. The van der Waals surface area contributed by atoms with Crippen LogP contribution >= 0.6 is 12.6 Å². The molecule has 5 atom stereocenters. The molecule has 0 radical (unpaired) electrons. The van der Waals surface area contributed by atoms with Crippen LogP contribution in [-0.4, -0.2) is 27.9 Å². The maximum absolute atomic E-state index is 12.2. The van der Waals surface area contributed by atoms with Gasteiger partial charge >= 0.3 is 11.9 Å². The van der Waals surface area contributed by atoms with Gasteiger partial charge in [0.15, 0.2) is 0 Å². The molecule has 2 bridgehead atoms. The minimum absolute atomic E-state index is 0.0503. The van der Waals surface area contributed by atoms with Gasteiger partial charge in [-0.3, -0.25) is 9.59 Å². The molecule has 2 aliphatic rings. The Hall–Kier alpha value is -0.710. The zero-order valence-electron chi connectivity index (χ0n) is 10.9. The lowest BCUT2D eigenvalue weighted by atomic mass is 9.79. The fourth-order valence-electron chi connectivity index (χ4n) is 3.37. The van der Waals surface area contributed by atoms with Crippen LogP contribution in [0.5, 0.6) is 0 Å². The predicted molar refractivity (Wildman–Crippen MR) is 69.4 cm³/mol. The lowest BCUT2D eigenvalue weighted by molar-refractivity contribution is -0.168. The Morgan fingerprint density at radius 2 is 1.83 bits per heavy atom. The zero-order valence-corrected chi connectivity index (χ0v) is 11.8. The maximum Gasteiger partial charge on any atom is 0.310 e. The van der Waals surface area contributed by atoms with Gasteiger partial charge in [0.05, 0.1) is 11.8 Å². The molecule has 0 aliphatic heterocycles. The fraction of sp³-hybridized carbons (Fsp3) is 0.846. The average molecular weight is 272 g/mol. The van der Waals surface area contributed by atoms with Crippen molar-refractivity contribution in [3.05, 3.63) is 0 Å². The van der Waals surface area contributed by atoms with Crippen molar-refractivity contribution in [3.63, 3.8) is 0 Å². The predicted octanol–water partition coefficient (Wildman–Crippen LogP) is 1.98. The molecule has 0 aromatic rings. The van der Waals surface area contributed by atoms with E-state index < -0.39 is 23.4 Å². The molecule has 0 saturated heterocycles. The highest BCUT2D eigenvalue weighted by Crippen LogP contribution is 2.54. The number of rotatable bonds is 2.